The number of pyridine rings is 1. The van der Waals surface area contributed by atoms with E-state index < -0.39 is 94.5 Å². The Morgan fingerprint density at radius 2 is 1.47 bits per heavy atom. The zero-order valence-corrected chi connectivity index (χ0v) is 50.4. The van der Waals surface area contributed by atoms with E-state index in [2.05, 4.69) is 56.5 Å². The number of amides is 9. The van der Waals surface area contributed by atoms with Crippen LogP contribution in [0.15, 0.2) is 73.2 Å². The fourth-order valence-electron chi connectivity index (χ4n) is 8.20. The van der Waals surface area contributed by atoms with E-state index in [1.807, 2.05) is 6.07 Å². The molecule has 2 unspecified atom stereocenters. The van der Waals surface area contributed by atoms with Gasteiger partial charge in [-0.2, -0.15) is 13.1 Å². The molecule has 9 amide bonds. The van der Waals surface area contributed by atoms with Crippen molar-refractivity contribution in [1.82, 2.24) is 50.7 Å². The van der Waals surface area contributed by atoms with E-state index in [0.29, 0.717) is 65.3 Å². The van der Waals surface area contributed by atoms with Crippen LogP contribution in [0.25, 0.3) is 11.3 Å². The molecule has 2 aliphatic rings. The smallest absolute Gasteiger partial charge is 0.421 e. The molecule has 90 heavy (non-hydrogen) atoms. The Kier molecular flexibility index (Phi) is 27.2. The molecule has 2 aliphatic heterocycles. The van der Waals surface area contributed by atoms with Gasteiger partial charge in [0.25, 0.3) is 17.7 Å². The summed E-state index contributed by atoms with van der Waals surface area (Å²) in [5, 5.41) is 16.0. The summed E-state index contributed by atoms with van der Waals surface area (Å²) in [6.45, 7) is 5.99. The second-order valence-corrected chi connectivity index (χ2v) is 21.7. The lowest BCUT2D eigenvalue weighted by Crippen LogP contribution is -2.51. The molecule has 34 heteroatoms. The largest absolute Gasteiger partial charge is 0.489 e. The number of anilines is 4. The van der Waals surface area contributed by atoms with Crippen molar-refractivity contribution in [3.63, 3.8) is 0 Å². The molecule has 486 valence electrons. The molecule has 0 aliphatic carbocycles. The fourth-order valence-corrected chi connectivity index (χ4v) is 8.90. The predicted molar refractivity (Wildman–Crippen MR) is 317 cm³/mol. The maximum Gasteiger partial charge on any atom is 0.421 e. The second-order valence-electron chi connectivity index (χ2n) is 20.2. The third-order valence-corrected chi connectivity index (χ3v) is 13.8. The number of nitrogen functional groups attached to an aromatic ring is 1. The summed E-state index contributed by atoms with van der Waals surface area (Å²) in [7, 11) is -4.35. The van der Waals surface area contributed by atoms with E-state index in [0.717, 1.165) is 5.69 Å². The second kappa shape index (κ2) is 35.3. The lowest BCUT2D eigenvalue weighted by Gasteiger charge is -2.30. The third kappa shape index (κ3) is 23.7. The number of hydrogen-bond acceptors (Lipinski definition) is 24. The molecule has 0 spiro atoms. The number of morpholine rings is 1. The fraction of sp³-hybridized carbons (Fsp3) is 0.446. The van der Waals surface area contributed by atoms with Crippen molar-refractivity contribution < 1.29 is 89.6 Å². The summed E-state index contributed by atoms with van der Waals surface area (Å²) in [4.78, 5) is 143. The molecule has 0 bridgehead atoms. The van der Waals surface area contributed by atoms with Gasteiger partial charge in [-0.05, 0) is 73.7 Å². The van der Waals surface area contributed by atoms with Crippen LogP contribution >= 0.6 is 0 Å². The number of aromatic nitrogens is 3. The third-order valence-electron chi connectivity index (χ3n) is 12.8. The van der Waals surface area contributed by atoms with E-state index in [4.69, 9.17) is 39.0 Å². The number of carbonyl (C=O) groups is 10. The summed E-state index contributed by atoms with van der Waals surface area (Å²) >= 11 is 0. The van der Waals surface area contributed by atoms with Crippen molar-refractivity contribution in [2.24, 2.45) is 5.92 Å². The van der Waals surface area contributed by atoms with E-state index in [1.54, 1.807) is 86.4 Å². The number of ether oxygens (including phenoxy) is 6. The first-order valence-corrected chi connectivity index (χ1v) is 29.9. The first-order chi connectivity index (χ1) is 43.1. The highest BCUT2D eigenvalue weighted by atomic mass is 32.2. The van der Waals surface area contributed by atoms with Crippen molar-refractivity contribution >= 4 is 92.8 Å². The van der Waals surface area contributed by atoms with Crippen LogP contribution < -0.4 is 56.7 Å². The van der Waals surface area contributed by atoms with Gasteiger partial charge in [-0.25, -0.2) is 33.9 Å². The first-order valence-electron chi connectivity index (χ1n) is 28.5. The Bertz CT molecular complexity index is 3250. The van der Waals surface area contributed by atoms with Crippen LogP contribution in [0.5, 0.6) is 5.75 Å². The highest BCUT2D eigenvalue weighted by Gasteiger charge is 2.33. The van der Waals surface area contributed by atoms with Crippen molar-refractivity contribution in [3.05, 3.63) is 84.4 Å². The van der Waals surface area contributed by atoms with Gasteiger partial charge >= 0.3 is 34.5 Å². The Labute approximate surface area is 517 Å². The number of alkyl carbamates (subject to hydrolysis) is 2. The Hall–Kier alpha value is -9.80. The van der Waals surface area contributed by atoms with Crippen molar-refractivity contribution in [2.45, 2.75) is 78.0 Å². The van der Waals surface area contributed by atoms with E-state index in [1.165, 1.54) is 6.20 Å². The van der Waals surface area contributed by atoms with Gasteiger partial charge in [0.15, 0.2) is 11.5 Å². The van der Waals surface area contributed by atoms with Gasteiger partial charge in [-0.1, -0.05) is 26.0 Å². The maximum atomic E-state index is 13.4. The SMILES string of the molecule is CC(CNC(=O)OCc1ccc(NC(=O)CNC(=O)C(NC(=O)OCCOCCNS(=O)(=O)NC(=O)OCCCNC(=O)CCCC(=O)ON2C(=O)CCC2=O)C(C)C)cc1)Oc1ccc(-c2cnc(N)c(C(=O)Nc3cnccc3N3CCOCC3)n2)cc1. The highest BCUT2D eigenvalue weighted by molar-refractivity contribution is 7.88. The minimum absolute atomic E-state index is 0.0418. The minimum Gasteiger partial charge on any atom is -0.489 e. The van der Waals surface area contributed by atoms with Crippen molar-refractivity contribution in [1.29, 1.82) is 0 Å². The summed E-state index contributed by atoms with van der Waals surface area (Å²) in [5.41, 5.74) is 9.38. The summed E-state index contributed by atoms with van der Waals surface area (Å²) in [6.07, 6.45) is 1.10. The number of rotatable bonds is 33. The molecular formula is C56H72N14O19S. The summed E-state index contributed by atoms with van der Waals surface area (Å²) in [5.74, 6) is -4.26. The van der Waals surface area contributed by atoms with Crippen LogP contribution in [0.1, 0.15) is 75.3 Å². The van der Waals surface area contributed by atoms with Crippen LogP contribution in [0, 0.1) is 5.92 Å². The average molecular weight is 1280 g/mol. The predicted octanol–water partition coefficient (Wildman–Crippen LogP) is 1.57. The molecule has 2 saturated heterocycles. The number of nitrogens with zero attached hydrogens (tertiary/aromatic N) is 5. The molecule has 2 aromatic heterocycles. The Morgan fingerprint density at radius 3 is 2.19 bits per heavy atom. The van der Waals surface area contributed by atoms with Gasteiger partial charge in [0.2, 0.25) is 17.7 Å². The van der Waals surface area contributed by atoms with Crippen LogP contribution in [-0.2, 0) is 74.1 Å². The first kappa shape index (κ1) is 69.3. The maximum absolute atomic E-state index is 13.4. The van der Waals surface area contributed by atoms with Gasteiger partial charge in [-0.3, -0.25) is 33.8 Å². The van der Waals surface area contributed by atoms with Crippen molar-refractivity contribution in [2.75, 3.05) is 100 Å². The average Bonchev–Trinajstić information content (AvgIpc) is 1.35. The topological polar surface area (TPSA) is 437 Å². The summed E-state index contributed by atoms with van der Waals surface area (Å²) < 4.78 is 60.0. The molecule has 0 radical (unpaired) electrons. The van der Waals surface area contributed by atoms with Crippen molar-refractivity contribution in [3.8, 4) is 17.0 Å². The lowest BCUT2D eigenvalue weighted by atomic mass is 10.0. The number of nitrogens with two attached hydrogens (primary N) is 1. The lowest BCUT2D eigenvalue weighted by molar-refractivity contribution is -0.197. The number of hydroxylamine groups is 2. The number of benzene rings is 2. The molecule has 4 aromatic rings. The van der Waals surface area contributed by atoms with Crippen LogP contribution in [-0.4, -0.2) is 179 Å². The van der Waals surface area contributed by atoms with Crippen LogP contribution in [0.4, 0.5) is 37.3 Å². The van der Waals surface area contributed by atoms with E-state index in [-0.39, 0.29) is 103 Å². The zero-order valence-electron chi connectivity index (χ0n) is 49.6. The number of hydrogen-bond donors (Lipinski definition) is 9. The van der Waals surface area contributed by atoms with Crippen LogP contribution in [0.3, 0.4) is 0 Å². The normalized spacial score (nSPS) is 13.7. The van der Waals surface area contributed by atoms with Gasteiger partial charge < -0.3 is 75.8 Å². The molecule has 2 aromatic carbocycles. The van der Waals surface area contributed by atoms with Gasteiger partial charge in [0.1, 0.15) is 31.1 Å². The monoisotopic (exact) mass is 1280 g/mol. The zero-order chi connectivity index (χ0) is 65.0. The van der Waals surface area contributed by atoms with Gasteiger partial charge in [-0.15, -0.1) is 5.06 Å². The minimum atomic E-state index is -4.35. The Morgan fingerprint density at radius 1 is 0.744 bits per heavy atom. The molecule has 2 atom stereocenters. The molecule has 0 saturated carbocycles. The van der Waals surface area contributed by atoms with E-state index in [9.17, 15) is 56.4 Å². The summed E-state index contributed by atoms with van der Waals surface area (Å²) in [6, 6.07) is 14.1. The number of carbonyl (C=O) groups excluding carboxylic acids is 10. The molecule has 33 nitrogen and oxygen atoms in total. The highest BCUT2D eigenvalue weighted by Crippen LogP contribution is 2.28. The molecule has 6 rings (SSSR count). The van der Waals surface area contributed by atoms with Crippen LogP contribution in [0.2, 0.25) is 0 Å². The number of nitrogens with one attached hydrogen (secondary N) is 8. The quantitative estimate of drug-likeness (QED) is 0.0186. The Balaban J connectivity index is 0.775. The molecule has 10 N–H and O–H groups in total. The number of imide groups is 1. The van der Waals surface area contributed by atoms with Gasteiger partial charge in [0, 0.05) is 69.3 Å². The molecule has 4 heterocycles. The van der Waals surface area contributed by atoms with E-state index >= 15 is 0 Å². The molecule has 2 fully saturated rings. The standard InChI is InChI=1S/C56H72N14O19S/c1-35(2)49(67-55(79)86-29-28-83-25-21-63-90(81,82)68-56(80)85-24-5-19-59-44(71)6-4-7-48(75)89-70-46(73)16-17-47(70)74)52(76)61-33-45(72)64-39-12-8-37(9-13-39)34-87-54(78)62-30-36(3)88-40-14-10-38(11-15-40)41-32-60-51(57)50(65-41)53(77)66-42-31-58-20-18-43(42)69-22-26-84-27-23-69/h8-15,18,20,31-32,35-36,49,63H,4-7,16-17,19,21-30,33-34H2,1-3H3,(H2,57,60)(H,59,71)(H,61,76)(H,62,78)(H,64,72)(H,66,77)(H,67,79)(H,68,80). The molecular weight excluding hydrogens is 1200 g/mol. The van der Waals surface area contributed by atoms with Gasteiger partial charge in [0.05, 0.1) is 75.6 Å².